The first kappa shape index (κ1) is 16.1. The first-order valence-electron chi connectivity index (χ1n) is 7.90. The van der Waals surface area contributed by atoms with Gasteiger partial charge in [0.25, 0.3) is 5.91 Å². The van der Waals surface area contributed by atoms with Crippen molar-refractivity contribution in [3.8, 4) is 0 Å². The number of oxazole rings is 1. The van der Waals surface area contributed by atoms with Crippen LogP contribution in [0.25, 0.3) is 0 Å². The van der Waals surface area contributed by atoms with Crippen molar-refractivity contribution in [2.45, 2.75) is 39.7 Å². The minimum Gasteiger partial charge on any atom is -0.445 e. The highest BCUT2D eigenvalue weighted by Gasteiger charge is 2.28. The fourth-order valence-corrected chi connectivity index (χ4v) is 2.96. The molecule has 7 heteroatoms. The van der Waals surface area contributed by atoms with Crippen molar-refractivity contribution in [2.24, 2.45) is 13.0 Å². The highest BCUT2D eigenvalue weighted by molar-refractivity contribution is 6.33. The number of rotatable bonds is 4. The van der Waals surface area contributed by atoms with Crippen LogP contribution in [0.5, 0.6) is 0 Å². The molecule has 0 radical (unpaired) electrons. The Bertz CT molecular complexity index is 720. The normalized spacial score (nSPS) is 14.4. The van der Waals surface area contributed by atoms with Gasteiger partial charge in [-0.2, -0.15) is 5.10 Å². The Kier molecular flexibility index (Phi) is 4.43. The number of hydrogen-bond acceptors (Lipinski definition) is 4. The number of nitrogens with zero attached hydrogens (tertiary/aromatic N) is 4. The van der Waals surface area contributed by atoms with Crippen LogP contribution in [0.3, 0.4) is 0 Å². The molecule has 0 atom stereocenters. The van der Waals surface area contributed by atoms with Crippen LogP contribution in [0.15, 0.2) is 10.6 Å². The maximum Gasteiger partial charge on any atom is 0.276 e. The van der Waals surface area contributed by atoms with Crippen molar-refractivity contribution in [3.63, 3.8) is 0 Å². The van der Waals surface area contributed by atoms with Gasteiger partial charge in [0.15, 0.2) is 11.6 Å². The summed E-state index contributed by atoms with van der Waals surface area (Å²) in [6.07, 6.45) is 4.20. The molecule has 0 bridgehead atoms. The van der Waals surface area contributed by atoms with Crippen LogP contribution in [0, 0.1) is 5.92 Å². The van der Waals surface area contributed by atoms with Gasteiger partial charge in [-0.1, -0.05) is 25.4 Å². The van der Waals surface area contributed by atoms with Crippen molar-refractivity contribution < 1.29 is 9.21 Å². The van der Waals surface area contributed by atoms with Crippen molar-refractivity contribution in [3.05, 3.63) is 34.3 Å². The molecule has 124 valence electrons. The van der Waals surface area contributed by atoms with E-state index in [1.54, 1.807) is 22.8 Å². The Morgan fingerprint density at radius 1 is 1.48 bits per heavy atom. The van der Waals surface area contributed by atoms with Gasteiger partial charge in [0.2, 0.25) is 0 Å². The molecule has 2 aromatic rings. The van der Waals surface area contributed by atoms with E-state index in [-0.39, 0.29) is 5.91 Å². The minimum absolute atomic E-state index is 0.159. The van der Waals surface area contributed by atoms with Crippen LogP contribution in [-0.2, 0) is 26.4 Å². The van der Waals surface area contributed by atoms with Gasteiger partial charge in [-0.05, 0) is 12.3 Å². The maximum atomic E-state index is 12.6. The lowest BCUT2D eigenvalue weighted by Crippen LogP contribution is -2.36. The first-order valence-corrected chi connectivity index (χ1v) is 8.27. The minimum atomic E-state index is -0.159. The Hall–Kier alpha value is -1.82. The van der Waals surface area contributed by atoms with Crippen LogP contribution < -0.4 is 0 Å². The van der Waals surface area contributed by atoms with Gasteiger partial charge in [-0.3, -0.25) is 9.48 Å². The first-order chi connectivity index (χ1) is 10.9. The van der Waals surface area contributed by atoms with Crippen LogP contribution in [0.2, 0.25) is 5.02 Å². The highest BCUT2D eigenvalue weighted by atomic mass is 35.5. The number of carbonyl (C=O) groups is 1. The molecule has 2 aromatic heterocycles. The second-order valence-corrected chi connectivity index (χ2v) is 6.79. The fourth-order valence-electron chi connectivity index (χ4n) is 2.70. The number of halogens is 1. The lowest BCUT2D eigenvalue weighted by molar-refractivity contribution is 0.0721. The zero-order valence-corrected chi connectivity index (χ0v) is 14.4. The standard InChI is InChI=1S/C16H21ClN4O2/c1-10(2)4-5-14-18-12-9-21(7-6-13(12)23-14)16(22)15-11(17)8-20(3)19-15/h8,10H,4-7,9H2,1-3H3. The molecule has 1 amide bonds. The summed E-state index contributed by atoms with van der Waals surface area (Å²) in [4.78, 5) is 18.9. The molecule has 3 heterocycles. The molecule has 6 nitrogen and oxygen atoms in total. The van der Waals surface area contributed by atoms with Gasteiger partial charge in [0.1, 0.15) is 11.5 Å². The molecule has 23 heavy (non-hydrogen) atoms. The van der Waals surface area contributed by atoms with Crippen LogP contribution in [-0.4, -0.2) is 32.1 Å². The van der Waals surface area contributed by atoms with Crippen molar-refractivity contribution in [2.75, 3.05) is 6.54 Å². The Labute approximate surface area is 140 Å². The average molecular weight is 337 g/mol. The summed E-state index contributed by atoms with van der Waals surface area (Å²) in [5, 5.41) is 4.52. The third-order valence-electron chi connectivity index (χ3n) is 3.98. The highest BCUT2D eigenvalue weighted by Crippen LogP contribution is 2.24. The Morgan fingerprint density at radius 2 is 2.26 bits per heavy atom. The molecule has 0 saturated carbocycles. The van der Waals surface area contributed by atoms with E-state index in [0.717, 1.165) is 30.2 Å². The van der Waals surface area contributed by atoms with Crippen LogP contribution >= 0.6 is 11.6 Å². The Morgan fingerprint density at radius 3 is 2.91 bits per heavy atom. The molecular formula is C16H21ClN4O2. The lowest BCUT2D eigenvalue weighted by Gasteiger charge is -2.24. The summed E-state index contributed by atoms with van der Waals surface area (Å²) in [5.74, 6) is 2.13. The van der Waals surface area contributed by atoms with Gasteiger partial charge in [0, 0.05) is 32.6 Å². The number of hydrogen-bond donors (Lipinski definition) is 0. The number of carbonyl (C=O) groups excluding carboxylic acids is 1. The molecule has 0 saturated heterocycles. The quantitative estimate of drug-likeness (QED) is 0.861. The summed E-state index contributed by atoms with van der Waals surface area (Å²) in [6, 6.07) is 0. The average Bonchev–Trinajstić information content (AvgIpc) is 3.06. The summed E-state index contributed by atoms with van der Waals surface area (Å²) in [6.45, 7) is 5.41. The third kappa shape index (κ3) is 3.42. The molecule has 0 fully saturated rings. The van der Waals surface area contributed by atoms with Crippen LogP contribution in [0.1, 0.15) is 48.1 Å². The summed E-state index contributed by atoms with van der Waals surface area (Å²) in [5.41, 5.74) is 1.15. The predicted octanol–water partition coefficient (Wildman–Crippen LogP) is 2.85. The second-order valence-electron chi connectivity index (χ2n) is 6.39. The van der Waals surface area contributed by atoms with E-state index < -0.39 is 0 Å². The molecule has 0 N–H and O–H groups in total. The van der Waals surface area contributed by atoms with Crippen LogP contribution in [0.4, 0.5) is 0 Å². The number of amides is 1. The monoisotopic (exact) mass is 336 g/mol. The number of aryl methyl sites for hydroxylation is 2. The molecule has 3 rings (SSSR count). The van der Waals surface area contributed by atoms with Gasteiger partial charge >= 0.3 is 0 Å². The van der Waals surface area contributed by atoms with E-state index in [0.29, 0.717) is 36.1 Å². The third-order valence-corrected chi connectivity index (χ3v) is 4.26. The van der Waals surface area contributed by atoms with Crippen molar-refractivity contribution in [1.82, 2.24) is 19.7 Å². The molecule has 1 aliphatic rings. The van der Waals surface area contributed by atoms with Gasteiger partial charge in [-0.25, -0.2) is 4.98 Å². The second kappa shape index (κ2) is 6.35. The van der Waals surface area contributed by atoms with E-state index in [1.165, 1.54) is 0 Å². The summed E-state index contributed by atoms with van der Waals surface area (Å²) >= 11 is 6.07. The van der Waals surface area contributed by atoms with Crippen molar-refractivity contribution in [1.29, 1.82) is 0 Å². The Balaban J connectivity index is 1.72. The summed E-state index contributed by atoms with van der Waals surface area (Å²) in [7, 11) is 1.75. The molecular weight excluding hydrogens is 316 g/mol. The fraction of sp³-hybridized carbons (Fsp3) is 0.562. The maximum absolute atomic E-state index is 12.6. The molecule has 0 aromatic carbocycles. The predicted molar refractivity (Wildman–Crippen MR) is 86.3 cm³/mol. The van der Waals surface area contributed by atoms with Gasteiger partial charge in [-0.15, -0.1) is 0 Å². The lowest BCUT2D eigenvalue weighted by atomic mass is 10.1. The molecule has 0 spiro atoms. The van der Waals surface area contributed by atoms with E-state index in [1.807, 2.05) is 0 Å². The molecule has 1 aliphatic heterocycles. The van der Waals surface area contributed by atoms with E-state index in [2.05, 4.69) is 23.9 Å². The SMILES string of the molecule is CC(C)CCc1nc2c(o1)CCN(C(=O)c1nn(C)cc1Cl)C2. The molecule has 0 unspecified atom stereocenters. The van der Waals surface area contributed by atoms with E-state index in [4.69, 9.17) is 16.0 Å². The summed E-state index contributed by atoms with van der Waals surface area (Å²) < 4.78 is 7.37. The topological polar surface area (TPSA) is 64.2 Å². The van der Waals surface area contributed by atoms with E-state index in [9.17, 15) is 4.79 Å². The number of aromatic nitrogens is 3. The van der Waals surface area contributed by atoms with Gasteiger partial charge in [0.05, 0.1) is 11.6 Å². The van der Waals surface area contributed by atoms with E-state index >= 15 is 0 Å². The largest absolute Gasteiger partial charge is 0.445 e. The van der Waals surface area contributed by atoms with Gasteiger partial charge < -0.3 is 9.32 Å². The smallest absolute Gasteiger partial charge is 0.276 e. The zero-order valence-electron chi connectivity index (χ0n) is 13.7. The van der Waals surface area contributed by atoms with Crippen molar-refractivity contribution >= 4 is 17.5 Å². The molecule has 0 aliphatic carbocycles. The number of fused-ring (bicyclic) bond motifs is 1. The zero-order chi connectivity index (χ0) is 16.6.